The maximum absolute atomic E-state index is 6.33. The largest absolute Gasteiger partial charge is 0.494 e. The van der Waals surface area contributed by atoms with Gasteiger partial charge in [0.15, 0.2) is 0 Å². The molecular weight excluding hydrogens is 398 g/mol. The number of rotatable bonds is 9. The summed E-state index contributed by atoms with van der Waals surface area (Å²) in [6.45, 7) is 6.77. The van der Waals surface area contributed by atoms with Gasteiger partial charge in [-0.15, -0.1) is 0 Å². The molecule has 6 nitrogen and oxygen atoms in total. The van der Waals surface area contributed by atoms with Gasteiger partial charge in [0.1, 0.15) is 5.75 Å². The molecule has 2 aromatic carbocycles. The molecule has 0 atom stereocenters. The molecule has 4 rings (SSSR count). The second kappa shape index (κ2) is 10.5. The van der Waals surface area contributed by atoms with Crippen molar-refractivity contribution < 1.29 is 4.74 Å². The Morgan fingerprint density at radius 3 is 2.33 bits per heavy atom. The summed E-state index contributed by atoms with van der Waals surface area (Å²) in [5.74, 6) is 0.917. The number of unbranched alkanes of at least 4 members (excludes halogenated alkanes) is 1. The zero-order chi connectivity index (χ0) is 20.6. The Morgan fingerprint density at radius 1 is 0.867 bits per heavy atom. The van der Waals surface area contributed by atoms with E-state index in [-0.39, 0.29) is 0 Å². The summed E-state index contributed by atoms with van der Waals surface area (Å²) >= 11 is 6.33. The van der Waals surface area contributed by atoms with Crippen LogP contribution in [0, 0.1) is 0 Å². The Bertz CT molecular complexity index is 892. The van der Waals surface area contributed by atoms with Gasteiger partial charge in [-0.3, -0.25) is 4.90 Å². The third-order valence-corrected chi connectivity index (χ3v) is 5.74. The van der Waals surface area contributed by atoms with Crippen molar-refractivity contribution in [3.05, 3.63) is 71.5 Å². The van der Waals surface area contributed by atoms with Crippen LogP contribution < -0.4 is 9.64 Å². The van der Waals surface area contributed by atoms with Crippen molar-refractivity contribution >= 4 is 17.3 Å². The Labute approximate surface area is 183 Å². The smallest absolute Gasteiger partial charge is 0.119 e. The minimum atomic E-state index is 0.678. The van der Waals surface area contributed by atoms with E-state index in [0.29, 0.717) is 6.54 Å². The van der Waals surface area contributed by atoms with Crippen LogP contribution in [0.25, 0.3) is 0 Å². The second-order valence-electron chi connectivity index (χ2n) is 7.54. The van der Waals surface area contributed by atoms with Crippen LogP contribution >= 0.6 is 11.6 Å². The summed E-state index contributed by atoms with van der Waals surface area (Å²) in [5, 5.41) is 9.10. The second-order valence-corrected chi connectivity index (χ2v) is 7.95. The predicted molar refractivity (Wildman–Crippen MR) is 120 cm³/mol. The van der Waals surface area contributed by atoms with Crippen LogP contribution in [0.5, 0.6) is 5.75 Å². The number of para-hydroxylation sites is 1. The maximum Gasteiger partial charge on any atom is 0.119 e. The molecule has 1 aromatic heterocycles. The van der Waals surface area contributed by atoms with Gasteiger partial charge in [0, 0.05) is 26.2 Å². The van der Waals surface area contributed by atoms with Gasteiger partial charge < -0.3 is 9.64 Å². The van der Waals surface area contributed by atoms with E-state index >= 15 is 0 Å². The van der Waals surface area contributed by atoms with E-state index in [0.717, 1.165) is 74.2 Å². The molecule has 158 valence electrons. The summed E-state index contributed by atoms with van der Waals surface area (Å²) in [6, 6.07) is 16.3. The molecule has 1 saturated heterocycles. The first-order valence-electron chi connectivity index (χ1n) is 10.6. The summed E-state index contributed by atoms with van der Waals surface area (Å²) in [4.78, 5) is 6.59. The molecule has 0 spiro atoms. The van der Waals surface area contributed by atoms with E-state index in [1.807, 2.05) is 24.3 Å². The van der Waals surface area contributed by atoms with Crippen LogP contribution in [0.2, 0.25) is 5.02 Å². The van der Waals surface area contributed by atoms with Gasteiger partial charge >= 0.3 is 0 Å². The molecule has 1 aliphatic rings. The van der Waals surface area contributed by atoms with Crippen LogP contribution in [0.4, 0.5) is 5.69 Å². The number of anilines is 1. The highest BCUT2D eigenvalue weighted by Gasteiger charge is 2.18. The quantitative estimate of drug-likeness (QED) is 0.485. The fourth-order valence-corrected chi connectivity index (χ4v) is 3.98. The molecule has 0 aliphatic carbocycles. The van der Waals surface area contributed by atoms with Crippen LogP contribution in [-0.2, 0) is 6.54 Å². The molecule has 0 unspecified atom stereocenters. The fourth-order valence-electron chi connectivity index (χ4n) is 3.73. The average molecular weight is 426 g/mol. The first-order valence-corrected chi connectivity index (χ1v) is 10.9. The molecule has 0 radical (unpaired) electrons. The van der Waals surface area contributed by atoms with E-state index in [4.69, 9.17) is 16.3 Å². The Morgan fingerprint density at radius 2 is 1.60 bits per heavy atom. The highest BCUT2D eigenvalue weighted by molar-refractivity contribution is 6.33. The van der Waals surface area contributed by atoms with Gasteiger partial charge in [0.25, 0.3) is 0 Å². The van der Waals surface area contributed by atoms with Gasteiger partial charge in [-0.2, -0.15) is 15.0 Å². The fraction of sp³-hybridized carbons (Fsp3) is 0.391. The standard InChI is InChI=1S/C23H28ClN5O/c24-22-5-1-2-6-23(22)28-16-14-27(15-17-28)13-3-4-18-30-21-9-7-20(8-10-21)19-29-25-11-12-26-29/h1-2,5-12H,3-4,13-19H2. The monoisotopic (exact) mass is 425 g/mol. The molecule has 2 heterocycles. The molecule has 0 bridgehead atoms. The number of aromatic nitrogens is 3. The van der Waals surface area contributed by atoms with Crippen molar-refractivity contribution in [2.24, 2.45) is 0 Å². The van der Waals surface area contributed by atoms with Crippen molar-refractivity contribution in [1.29, 1.82) is 0 Å². The van der Waals surface area contributed by atoms with E-state index in [1.165, 1.54) is 0 Å². The van der Waals surface area contributed by atoms with Crippen molar-refractivity contribution in [2.75, 3.05) is 44.2 Å². The van der Waals surface area contributed by atoms with Gasteiger partial charge in [-0.25, -0.2) is 0 Å². The summed E-state index contributed by atoms with van der Waals surface area (Å²) in [5.41, 5.74) is 2.31. The number of ether oxygens (including phenoxy) is 1. The maximum atomic E-state index is 6.33. The van der Waals surface area contributed by atoms with Crippen molar-refractivity contribution in [2.45, 2.75) is 19.4 Å². The third-order valence-electron chi connectivity index (χ3n) is 5.42. The van der Waals surface area contributed by atoms with E-state index in [2.05, 4.69) is 44.3 Å². The van der Waals surface area contributed by atoms with Gasteiger partial charge in [-0.1, -0.05) is 35.9 Å². The predicted octanol–water partition coefficient (Wildman–Crippen LogP) is 3.96. The molecule has 7 heteroatoms. The Hall–Kier alpha value is -2.57. The van der Waals surface area contributed by atoms with Crippen molar-refractivity contribution in [3.8, 4) is 5.75 Å². The molecule has 0 saturated carbocycles. The van der Waals surface area contributed by atoms with Gasteiger partial charge in [-0.05, 0) is 49.2 Å². The number of nitrogens with zero attached hydrogens (tertiary/aromatic N) is 5. The number of piperazine rings is 1. The van der Waals surface area contributed by atoms with Gasteiger partial charge in [0.2, 0.25) is 0 Å². The SMILES string of the molecule is Clc1ccccc1N1CCN(CCCCOc2ccc(Cn3nccn3)cc2)CC1. The topological polar surface area (TPSA) is 46.4 Å². The zero-order valence-electron chi connectivity index (χ0n) is 17.2. The first-order chi connectivity index (χ1) is 14.8. The number of hydrogen-bond donors (Lipinski definition) is 0. The lowest BCUT2D eigenvalue weighted by Gasteiger charge is -2.36. The van der Waals surface area contributed by atoms with E-state index in [9.17, 15) is 0 Å². The van der Waals surface area contributed by atoms with Crippen LogP contribution in [0.15, 0.2) is 60.9 Å². The lowest BCUT2D eigenvalue weighted by Crippen LogP contribution is -2.46. The molecule has 0 N–H and O–H groups in total. The summed E-state index contributed by atoms with van der Waals surface area (Å²) in [7, 11) is 0. The lowest BCUT2D eigenvalue weighted by atomic mass is 10.2. The van der Waals surface area contributed by atoms with Gasteiger partial charge in [0.05, 0.1) is 36.3 Å². The molecule has 0 amide bonds. The minimum Gasteiger partial charge on any atom is -0.494 e. The molecule has 30 heavy (non-hydrogen) atoms. The number of hydrogen-bond acceptors (Lipinski definition) is 5. The minimum absolute atomic E-state index is 0.678. The van der Waals surface area contributed by atoms with Crippen LogP contribution in [-0.4, -0.2) is 59.2 Å². The third kappa shape index (κ3) is 5.74. The van der Waals surface area contributed by atoms with Crippen LogP contribution in [0.1, 0.15) is 18.4 Å². The lowest BCUT2D eigenvalue weighted by molar-refractivity contribution is 0.238. The van der Waals surface area contributed by atoms with Crippen molar-refractivity contribution in [3.63, 3.8) is 0 Å². The Balaban J connectivity index is 1.11. The van der Waals surface area contributed by atoms with E-state index < -0.39 is 0 Å². The van der Waals surface area contributed by atoms with E-state index in [1.54, 1.807) is 17.2 Å². The normalized spacial score (nSPS) is 14.8. The first kappa shape index (κ1) is 20.7. The zero-order valence-corrected chi connectivity index (χ0v) is 17.9. The number of benzene rings is 2. The van der Waals surface area contributed by atoms with Crippen molar-refractivity contribution in [1.82, 2.24) is 19.9 Å². The summed E-state index contributed by atoms with van der Waals surface area (Å²) in [6.07, 6.45) is 5.59. The highest BCUT2D eigenvalue weighted by Crippen LogP contribution is 2.26. The Kier molecular flexibility index (Phi) is 7.21. The molecular formula is C23H28ClN5O. The molecule has 1 fully saturated rings. The molecule has 3 aromatic rings. The average Bonchev–Trinajstić information content (AvgIpc) is 3.29. The van der Waals surface area contributed by atoms with Crippen LogP contribution in [0.3, 0.4) is 0 Å². The number of halogens is 1. The molecule has 1 aliphatic heterocycles. The highest BCUT2D eigenvalue weighted by atomic mass is 35.5. The summed E-state index contributed by atoms with van der Waals surface area (Å²) < 4.78 is 5.89.